The third-order valence-corrected chi connectivity index (χ3v) is 3.00. The number of nitrogens with one attached hydrogen (secondary N) is 1. The number of hydrogen-bond acceptors (Lipinski definition) is 5. The molecule has 1 aromatic rings. The topological polar surface area (TPSA) is 90.6 Å². The molecular weight excluding hydrogens is 296 g/mol. The number of halogens is 1. The third kappa shape index (κ3) is 5.61. The van der Waals surface area contributed by atoms with Gasteiger partial charge in [0, 0.05) is 25.9 Å². The maximum Gasteiger partial charge on any atom is 0.340 e. The summed E-state index contributed by atoms with van der Waals surface area (Å²) in [5.74, 6) is -1.04. The largest absolute Gasteiger partial charge is 0.449 e. The van der Waals surface area contributed by atoms with Gasteiger partial charge in [0.2, 0.25) is 0 Å². The molecule has 6 nitrogen and oxygen atoms in total. The van der Waals surface area contributed by atoms with Crippen molar-refractivity contribution in [2.24, 2.45) is 0 Å². The van der Waals surface area contributed by atoms with Crippen LogP contribution in [-0.4, -0.2) is 38.2 Å². The van der Waals surface area contributed by atoms with E-state index in [-0.39, 0.29) is 16.5 Å². The Morgan fingerprint density at radius 1 is 1.43 bits per heavy atom. The van der Waals surface area contributed by atoms with Crippen LogP contribution in [-0.2, 0) is 14.3 Å². The van der Waals surface area contributed by atoms with Gasteiger partial charge >= 0.3 is 5.97 Å². The van der Waals surface area contributed by atoms with Gasteiger partial charge in [0.1, 0.15) is 0 Å². The van der Waals surface area contributed by atoms with Gasteiger partial charge in [-0.2, -0.15) is 0 Å². The Bertz CT molecular complexity index is 508. The number of methoxy groups -OCH3 is 1. The van der Waals surface area contributed by atoms with Gasteiger partial charge in [0.15, 0.2) is 6.10 Å². The molecule has 0 saturated heterocycles. The summed E-state index contributed by atoms with van der Waals surface area (Å²) >= 11 is 5.91. The maximum atomic E-state index is 11.9. The second-order valence-corrected chi connectivity index (χ2v) is 4.83. The van der Waals surface area contributed by atoms with E-state index in [1.807, 2.05) is 0 Å². The fraction of sp³-hybridized carbons (Fsp3) is 0.429. The lowest BCUT2D eigenvalue weighted by molar-refractivity contribution is -0.129. The number of benzene rings is 1. The van der Waals surface area contributed by atoms with Crippen molar-refractivity contribution in [1.82, 2.24) is 5.32 Å². The minimum absolute atomic E-state index is 0.171. The number of carbonyl (C=O) groups is 2. The Labute approximate surface area is 128 Å². The Morgan fingerprint density at radius 2 is 2.14 bits per heavy atom. The van der Waals surface area contributed by atoms with Crippen molar-refractivity contribution in [3.63, 3.8) is 0 Å². The first-order chi connectivity index (χ1) is 9.95. The highest BCUT2D eigenvalue weighted by Crippen LogP contribution is 2.20. The van der Waals surface area contributed by atoms with Crippen LogP contribution in [0.2, 0.25) is 5.02 Å². The Balaban J connectivity index is 2.51. The van der Waals surface area contributed by atoms with E-state index in [9.17, 15) is 9.59 Å². The van der Waals surface area contributed by atoms with Gasteiger partial charge in [0.25, 0.3) is 5.91 Å². The lowest BCUT2D eigenvalue weighted by atomic mass is 10.2. The van der Waals surface area contributed by atoms with Gasteiger partial charge in [-0.05, 0) is 31.5 Å². The van der Waals surface area contributed by atoms with E-state index in [4.69, 9.17) is 26.8 Å². The van der Waals surface area contributed by atoms with E-state index < -0.39 is 12.1 Å². The molecule has 0 aliphatic carbocycles. The molecule has 0 fully saturated rings. The van der Waals surface area contributed by atoms with Crippen LogP contribution in [0.15, 0.2) is 18.2 Å². The van der Waals surface area contributed by atoms with Gasteiger partial charge in [-0.1, -0.05) is 11.6 Å². The number of hydrogen-bond donors (Lipinski definition) is 2. The van der Waals surface area contributed by atoms with Crippen LogP contribution in [0.1, 0.15) is 23.7 Å². The van der Waals surface area contributed by atoms with E-state index in [1.54, 1.807) is 7.11 Å². The van der Waals surface area contributed by atoms with Gasteiger partial charge in [-0.15, -0.1) is 0 Å². The summed E-state index contributed by atoms with van der Waals surface area (Å²) in [7, 11) is 1.59. The summed E-state index contributed by atoms with van der Waals surface area (Å²) in [5.41, 5.74) is 6.16. The number of nitrogen functional groups attached to an aromatic ring is 1. The number of carbonyl (C=O) groups excluding carboxylic acids is 2. The second kappa shape index (κ2) is 8.49. The standard InChI is InChI=1S/C14H19ClN2O4/c1-9(13(18)17-6-3-7-20-2)21-14(19)11-5-4-10(16)8-12(11)15/h4-5,8-9H,3,6-7,16H2,1-2H3,(H,17,18). The molecule has 0 spiro atoms. The summed E-state index contributed by atoms with van der Waals surface area (Å²) in [6.07, 6.45) is -0.221. The quantitative estimate of drug-likeness (QED) is 0.453. The van der Waals surface area contributed by atoms with Crippen molar-refractivity contribution in [1.29, 1.82) is 0 Å². The Kier molecular flexibility index (Phi) is 6.98. The molecule has 7 heteroatoms. The SMILES string of the molecule is COCCCNC(=O)C(C)OC(=O)c1ccc(N)cc1Cl. The number of nitrogens with two attached hydrogens (primary N) is 1. The Morgan fingerprint density at radius 3 is 2.76 bits per heavy atom. The lowest BCUT2D eigenvalue weighted by Crippen LogP contribution is -2.36. The molecule has 0 aliphatic rings. The average Bonchev–Trinajstić information content (AvgIpc) is 2.43. The predicted molar refractivity (Wildman–Crippen MR) is 80.2 cm³/mol. The van der Waals surface area contributed by atoms with Gasteiger partial charge < -0.3 is 20.5 Å². The van der Waals surface area contributed by atoms with E-state index in [0.717, 1.165) is 0 Å². The monoisotopic (exact) mass is 314 g/mol. The van der Waals surface area contributed by atoms with E-state index in [0.29, 0.717) is 25.3 Å². The fourth-order valence-electron chi connectivity index (χ4n) is 1.55. The molecule has 21 heavy (non-hydrogen) atoms. The molecule has 1 rings (SSSR count). The molecule has 1 amide bonds. The van der Waals surface area contributed by atoms with Gasteiger partial charge in [-0.25, -0.2) is 4.79 Å². The maximum absolute atomic E-state index is 11.9. The molecule has 1 unspecified atom stereocenters. The van der Waals surface area contributed by atoms with E-state index >= 15 is 0 Å². The molecular formula is C14H19ClN2O4. The molecule has 0 aromatic heterocycles. The van der Waals surface area contributed by atoms with E-state index in [1.165, 1.54) is 25.1 Å². The van der Waals surface area contributed by atoms with Crippen molar-refractivity contribution < 1.29 is 19.1 Å². The summed E-state index contributed by atoms with van der Waals surface area (Å²) < 4.78 is 9.94. The molecule has 1 aromatic carbocycles. The minimum atomic E-state index is -0.909. The zero-order valence-electron chi connectivity index (χ0n) is 12.0. The van der Waals surface area contributed by atoms with Crippen LogP contribution >= 0.6 is 11.6 Å². The molecule has 1 atom stereocenters. The number of esters is 1. The van der Waals surface area contributed by atoms with Crippen LogP contribution in [0.4, 0.5) is 5.69 Å². The zero-order valence-corrected chi connectivity index (χ0v) is 12.8. The zero-order chi connectivity index (χ0) is 15.8. The van der Waals surface area contributed by atoms with Crippen LogP contribution in [0, 0.1) is 0 Å². The van der Waals surface area contributed by atoms with Crippen molar-refractivity contribution in [3.8, 4) is 0 Å². The summed E-state index contributed by atoms with van der Waals surface area (Å²) in [5, 5.41) is 2.84. The first-order valence-electron chi connectivity index (χ1n) is 6.48. The van der Waals surface area contributed by atoms with E-state index in [2.05, 4.69) is 5.32 Å². The highest BCUT2D eigenvalue weighted by molar-refractivity contribution is 6.33. The van der Waals surface area contributed by atoms with Crippen LogP contribution in [0.3, 0.4) is 0 Å². The van der Waals surface area contributed by atoms with Crippen molar-refractivity contribution in [2.75, 3.05) is 26.0 Å². The summed E-state index contributed by atoms with van der Waals surface area (Å²) in [6, 6.07) is 4.45. The highest BCUT2D eigenvalue weighted by Gasteiger charge is 2.20. The number of amides is 1. The van der Waals surface area contributed by atoms with Crippen LogP contribution in [0.5, 0.6) is 0 Å². The first kappa shape index (κ1) is 17.3. The molecule has 0 aliphatic heterocycles. The summed E-state index contributed by atoms with van der Waals surface area (Å²) in [6.45, 7) is 2.50. The molecule has 0 radical (unpaired) electrons. The fourth-order valence-corrected chi connectivity index (χ4v) is 1.81. The number of ether oxygens (including phenoxy) is 2. The smallest absolute Gasteiger partial charge is 0.340 e. The molecule has 3 N–H and O–H groups in total. The van der Waals surface area contributed by atoms with Gasteiger partial charge in [-0.3, -0.25) is 4.79 Å². The van der Waals surface area contributed by atoms with Gasteiger partial charge in [0.05, 0.1) is 10.6 Å². The first-order valence-corrected chi connectivity index (χ1v) is 6.86. The molecule has 0 heterocycles. The average molecular weight is 315 g/mol. The molecule has 0 saturated carbocycles. The number of anilines is 1. The minimum Gasteiger partial charge on any atom is -0.449 e. The Hall–Kier alpha value is -1.79. The normalized spacial score (nSPS) is 11.8. The van der Waals surface area contributed by atoms with Crippen molar-refractivity contribution in [3.05, 3.63) is 28.8 Å². The van der Waals surface area contributed by atoms with Crippen LogP contribution in [0.25, 0.3) is 0 Å². The number of rotatable bonds is 7. The molecule has 0 bridgehead atoms. The highest BCUT2D eigenvalue weighted by atomic mass is 35.5. The van der Waals surface area contributed by atoms with Crippen molar-refractivity contribution >= 4 is 29.2 Å². The predicted octanol–water partition coefficient (Wildman–Crippen LogP) is 1.62. The summed E-state index contributed by atoms with van der Waals surface area (Å²) in [4.78, 5) is 23.7. The lowest BCUT2D eigenvalue weighted by Gasteiger charge is -2.14. The third-order valence-electron chi connectivity index (χ3n) is 2.69. The van der Waals surface area contributed by atoms with Crippen LogP contribution < -0.4 is 11.1 Å². The van der Waals surface area contributed by atoms with Crippen molar-refractivity contribution in [2.45, 2.75) is 19.4 Å². The second-order valence-electron chi connectivity index (χ2n) is 4.42. The molecule has 116 valence electrons.